The number of nitrogens with two attached hydrogens (primary N) is 1. The van der Waals surface area contributed by atoms with Gasteiger partial charge < -0.3 is 15.2 Å². The fraction of sp³-hybridized carbons (Fsp3) is 0.455. The lowest BCUT2D eigenvalue weighted by molar-refractivity contribution is 0.0792. The van der Waals surface area contributed by atoms with Crippen molar-refractivity contribution in [1.82, 2.24) is 9.97 Å². The molecule has 0 saturated heterocycles. The number of amidine groups is 1. The number of Topliss-reactive ketones (excluding diaryl/α,β-unsaturated/α-hetero) is 1. The molecule has 1 aliphatic carbocycles. The Hall–Kier alpha value is -2.66. The number of ether oxygens (including phenoxy) is 2. The molecule has 1 saturated carbocycles. The molecule has 1 aliphatic heterocycles. The number of aliphatic imine (C=N–C) groups is 1. The fourth-order valence-electron chi connectivity index (χ4n) is 4.36. The second-order valence-electron chi connectivity index (χ2n) is 8.31. The third-order valence-corrected chi connectivity index (χ3v) is 7.23. The number of hydrogen-bond acceptors (Lipinski definition) is 8. The Morgan fingerprint density at radius 1 is 1.33 bits per heavy atom. The zero-order chi connectivity index (χ0) is 23.8. The molecular weight excluding hydrogens is 457 g/mol. The van der Waals surface area contributed by atoms with Gasteiger partial charge in [0.1, 0.15) is 11.5 Å². The van der Waals surface area contributed by atoms with Crippen molar-refractivity contribution in [1.29, 1.82) is 0 Å². The van der Waals surface area contributed by atoms with Crippen molar-refractivity contribution >= 4 is 22.7 Å². The van der Waals surface area contributed by atoms with Crippen molar-refractivity contribution < 1.29 is 27.4 Å². The highest BCUT2D eigenvalue weighted by Gasteiger charge is 2.66. The number of hydrogen-bond donors (Lipinski definition) is 1. The molecule has 1 fully saturated rings. The summed E-state index contributed by atoms with van der Waals surface area (Å²) >= 11 is 1.47. The fourth-order valence-corrected chi connectivity index (χ4v) is 5.81. The monoisotopic (exact) mass is 480 g/mol. The lowest BCUT2D eigenvalue weighted by atomic mass is 9.84. The van der Waals surface area contributed by atoms with Gasteiger partial charge in [0.2, 0.25) is 5.88 Å². The minimum Gasteiger partial charge on any atom is -0.470 e. The third-order valence-electron chi connectivity index (χ3n) is 5.95. The van der Waals surface area contributed by atoms with Crippen molar-refractivity contribution in [2.75, 3.05) is 20.3 Å². The number of thioether (sulfide) groups is 1. The number of aromatic nitrogens is 2. The predicted molar refractivity (Wildman–Crippen MR) is 117 cm³/mol. The van der Waals surface area contributed by atoms with Crippen LogP contribution in [0.2, 0.25) is 0 Å². The Balaban J connectivity index is 1.53. The number of rotatable bonds is 9. The molecule has 3 atom stereocenters. The largest absolute Gasteiger partial charge is 0.470 e. The van der Waals surface area contributed by atoms with Crippen LogP contribution in [-0.4, -0.2) is 52.4 Å². The molecule has 176 valence electrons. The SMILES string of the molecule is COC[C@]12C[C@H]1[C@@](C)(c1cc(CC(=O)c3cnc(OCC(F)F)cn3)ccc1F)N=C(N)S2. The number of fused-ring (bicyclic) bond motifs is 1. The van der Waals surface area contributed by atoms with Gasteiger partial charge >= 0.3 is 0 Å². The number of nitrogens with zero attached hydrogens (tertiary/aromatic N) is 3. The normalized spacial score (nSPS) is 26.0. The van der Waals surface area contributed by atoms with Crippen LogP contribution in [0.5, 0.6) is 5.88 Å². The molecule has 0 spiro atoms. The minimum atomic E-state index is -2.64. The Morgan fingerprint density at radius 2 is 2.12 bits per heavy atom. The average Bonchev–Trinajstić information content (AvgIpc) is 3.48. The van der Waals surface area contributed by atoms with Crippen molar-refractivity contribution in [2.45, 2.75) is 36.5 Å². The third kappa shape index (κ3) is 4.70. The van der Waals surface area contributed by atoms with Crippen molar-refractivity contribution in [3.8, 4) is 5.88 Å². The molecule has 2 aromatic rings. The van der Waals surface area contributed by atoms with Gasteiger partial charge in [-0.2, -0.15) is 0 Å². The first kappa shape index (κ1) is 23.5. The number of carbonyl (C=O) groups is 1. The van der Waals surface area contributed by atoms with E-state index in [0.717, 1.165) is 12.6 Å². The number of alkyl halides is 2. The van der Waals surface area contributed by atoms with E-state index in [1.165, 1.54) is 30.1 Å². The Kier molecular flexibility index (Phi) is 6.37. The highest BCUT2D eigenvalue weighted by Crippen LogP contribution is 2.65. The highest BCUT2D eigenvalue weighted by molar-refractivity contribution is 8.15. The van der Waals surface area contributed by atoms with Crippen LogP contribution in [0.25, 0.3) is 0 Å². The van der Waals surface area contributed by atoms with Gasteiger partial charge in [-0.3, -0.25) is 9.79 Å². The Labute approximate surface area is 193 Å². The van der Waals surface area contributed by atoms with Gasteiger partial charge in [-0.25, -0.2) is 23.1 Å². The van der Waals surface area contributed by atoms with E-state index < -0.39 is 24.4 Å². The summed E-state index contributed by atoms with van der Waals surface area (Å²) in [6.45, 7) is 1.54. The van der Waals surface area contributed by atoms with E-state index in [2.05, 4.69) is 15.0 Å². The van der Waals surface area contributed by atoms with Gasteiger partial charge in [-0.1, -0.05) is 17.8 Å². The molecule has 2 N–H and O–H groups in total. The van der Waals surface area contributed by atoms with E-state index in [-0.39, 0.29) is 34.4 Å². The maximum absolute atomic E-state index is 14.9. The molecule has 33 heavy (non-hydrogen) atoms. The number of benzene rings is 1. The quantitative estimate of drug-likeness (QED) is 0.550. The van der Waals surface area contributed by atoms with E-state index in [0.29, 0.717) is 22.9 Å². The maximum atomic E-state index is 14.9. The first-order valence-corrected chi connectivity index (χ1v) is 11.1. The van der Waals surface area contributed by atoms with Gasteiger partial charge in [0, 0.05) is 25.0 Å². The van der Waals surface area contributed by atoms with Crippen molar-refractivity contribution in [3.63, 3.8) is 0 Å². The number of methoxy groups -OCH3 is 1. The van der Waals surface area contributed by atoms with Crippen LogP contribution < -0.4 is 10.5 Å². The second kappa shape index (κ2) is 8.94. The predicted octanol–water partition coefficient (Wildman–Crippen LogP) is 3.37. The number of ketones is 1. The van der Waals surface area contributed by atoms with Crippen molar-refractivity contribution in [2.24, 2.45) is 16.6 Å². The summed E-state index contributed by atoms with van der Waals surface area (Å²) in [6, 6.07) is 4.50. The summed E-state index contributed by atoms with van der Waals surface area (Å²) in [5, 5.41) is 0.383. The van der Waals surface area contributed by atoms with Gasteiger partial charge in [0.05, 0.1) is 29.3 Å². The van der Waals surface area contributed by atoms with E-state index in [4.69, 9.17) is 15.2 Å². The molecule has 4 rings (SSSR count). The van der Waals surface area contributed by atoms with E-state index in [1.807, 2.05) is 6.92 Å². The summed E-state index contributed by atoms with van der Waals surface area (Å²) in [4.78, 5) is 25.1. The number of halogens is 3. The van der Waals surface area contributed by atoms with Crippen molar-refractivity contribution in [3.05, 3.63) is 53.2 Å². The van der Waals surface area contributed by atoms with Gasteiger partial charge in [-0.15, -0.1) is 0 Å². The van der Waals surface area contributed by atoms with Crippen LogP contribution in [0.1, 0.15) is 35.0 Å². The van der Waals surface area contributed by atoms with E-state index in [1.54, 1.807) is 13.2 Å². The summed E-state index contributed by atoms with van der Waals surface area (Å²) in [6.07, 6.45) is 0.399. The van der Waals surface area contributed by atoms with E-state index in [9.17, 15) is 18.0 Å². The molecule has 7 nitrogen and oxygen atoms in total. The zero-order valence-corrected chi connectivity index (χ0v) is 18.9. The summed E-state index contributed by atoms with van der Waals surface area (Å²) in [5.74, 6) is -0.823. The molecule has 11 heteroatoms. The average molecular weight is 481 g/mol. The topological polar surface area (TPSA) is 99.7 Å². The number of carbonyl (C=O) groups excluding carboxylic acids is 1. The summed E-state index contributed by atoms with van der Waals surface area (Å²) < 4.78 is 49.3. The first-order chi connectivity index (χ1) is 15.7. The van der Waals surface area contributed by atoms with Crippen LogP contribution in [0.3, 0.4) is 0 Å². The van der Waals surface area contributed by atoms with Gasteiger partial charge in [0.25, 0.3) is 6.43 Å². The van der Waals surface area contributed by atoms with Crippen LogP contribution in [-0.2, 0) is 16.7 Å². The van der Waals surface area contributed by atoms with Crippen LogP contribution in [0, 0.1) is 11.7 Å². The van der Waals surface area contributed by atoms with Gasteiger partial charge in [0.15, 0.2) is 17.6 Å². The Morgan fingerprint density at radius 3 is 2.79 bits per heavy atom. The molecular formula is C22H23F3N4O3S. The molecule has 0 radical (unpaired) electrons. The van der Waals surface area contributed by atoms with Gasteiger partial charge in [-0.05, 0) is 31.0 Å². The molecule has 0 bridgehead atoms. The molecule has 2 heterocycles. The Bertz CT molecular complexity index is 1090. The smallest absolute Gasteiger partial charge is 0.272 e. The summed E-state index contributed by atoms with van der Waals surface area (Å²) in [5.41, 5.74) is 6.23. The molecule has 0 amide bonds. The van der Waals surface area contributed by atoms with E-state index >= 15 is 0 Å². The maximum Gasteiger partial charge on any atom is 0.272 e. The minimum absolute atomic E-state index is 0.0445. The molecule has 0 unspecified atom stereocenters. The molecule has 1 aromatic heterocycles. The zero-order valence-electron chi connectivity index (χ0n) is 18.1. The summed E-state index contributed by atoms with van der Waals surface area (Å²) in [7, 11) is 1.62. The lowest BCUT2D eigenvalue weighted by Crippen LogP contribution is -2.37. The second-order valence-corrected chi connectivity index (χ2v) is 9.75. The lowest BCUT2D eigenvalue weighted by Gasteiger charge is -2.34. The standard InChI is InChI=1S/C22H23F3N4O3S/c1-21(17-7-22(17,11-31-2)33-20(26)29-21)13-5-12(3-4-14(13)23)6-16(30)15-8-28-19(9-27-15)32-10-18(24)25/h3-5,8-9,17-18H,6-7,10-11H2,1-2H3,(H2,26,29)/t17-,21+,22+/m0/s1. The van der Waals surface area contributed by atoms with Crippen LogP contribution in [0.15, 0.2) is 35.6 Å². The van der Waals surface area contributed by atoms with Crippen LogP contribution >= 0.6 is 11.8 Å². The van der Waals surface area contributed by atoms with Crippen LogP contribution in [0.4, 0.5) is 13.2 Å². The molecule has 1 aromatic carbocycles. The molecule has 2 aliphatic rings. The highest BCUT2D eigenvalue weighted by atomic mass is 32.2. The first-order valence-electron chi connectivity index (χ1n) is 10.3.